The zero-order valence-corrected chi connectivity index (χ0v) is 25.3. The molecule has 0 radical (unpaired) electrons. The number of hydrogen-bond acceptors (Lipinski definition) is 3. The molecule has 3 aromatic rings. The second kappa shape index (κ2) is 16.1. The number of aliphatic hydroxyl groups excluding tert-OH is 3. The monoisotopic (exact) mass is 544 g/mol. The highest BCUT2D eigenvalue weighted by atomic mass is 16.3. The van der Waals surface area contributed by atoms with Gasteiger partial charge in [-0.3, -0.25) is 0 Å². The number of aliphatic hydroxyl groups is 3. The average molecular weight is 545 g/mol. The van der Waals surface area contributed by atoms with Gasteiger partial charge in [0.2, 0.25) is 0 Å². The van der Waals surface area contributed by atoms with Crippen molar-refractivity contribution in [3.63, 3.8) is 0 Å². The zero-order valence-electron chi connectivity index (χ0n) is 25.3. The smallest absolute Gasteiger partial charge is 0.0512 e. The van der Waals surface area contributed by atoms with Gasteiger partial charge >= 0.3 is 0 Å². The van der Waals surface area contributed by atoms with Gasteiger partial charge in [0.05, 0.1) is 18.3 Å². The Bertz CT molecular complexity index is 956. The maximum Gasteiger partial charge on any atom is 0.0512 e. The lowest BCUT2D eigenvalue weighted by molar-refractivity contribution is 0.181. The summed E-state index contributed by atoms with van der Waals surface area (Å²) < 4.78 is 0. The van der Waals surface area contributed by atoms with E-state index in [0.29, 0.717) is 0 Å². The summed E-state index contributed by atoms with van der Waals surface area (Å²) >= 11 is 0. The van der Waals surface area contributed by atoms with E-state index in [-0.39, 0.29) is 23.7 Å². The number of rotatable bonds is 17. The summed E-state index contributed by atoms with van der Waals surface area (Å²) in [5.74, 6) is 0. The average Bonchev–Trinajstić information content (AvgIpc) is 2.93. The van der Waals surface area contributed by atoms with Crippen LogP contribution >= 0.6 is 0 Å². The number of aryl methyl sites for hydroxylation is 3. The van der Waals surface area contributed by atoms with Gasteiger partial charge in [-0.1, -0.05) is 86.1 Å². The van der Waals surface area contributed by atoms with Gasteiger partial charge in [0.1, 0.15) is 0 Å². The lowest BCUT2D eigenvalue weighted by Gasteiger charge is -2.36. The van der Waals surface area contributed by atoms with Gasteiger partial charge < -0.3 is 15.3 Å². The lowest BCUT2D eigenvalue weighted by atomic mass is 9.66. The molecule has 0 saturated heterocycles. The summed E-state index contributed by atoms with van der Waals surface area (Å²) in [6, 6.07) is 27.6. The molecule has 3 aromatic carbocycles. The molecule has 3 heteroatoms. The summed E-state index contributed by atoms with van der Waals surface area (Å²) in [5.41, 5.74) is 7.65. The highest BCUT2D eigenvalue weighted by Gasteiger charge is 2.35. The predicted molar refractivity (Wildman–Crippen MR) is 168 cm³/mol. The van der Waals surface area contributed by atoms with Gasteiger partial charge in [-0.05, 0) is 118 Å². The van der Waals surface area contributed by atoms with E-state index in [0.717, 1.165) is 70.6 Å². The quantitative estimate of drug-likeness (QED) is 0.151. The molecule has 0 aliphatic rings. The molecule has 3 nitrogen and oxygen atoms in total. The van der Waals surface area contributed by atoms with E-state index in [1.165, 1.54) is 33.4 Å². The van der Waals surface area contributed by atoms with Crippen molar-refractivity contribution in [2.24, 2.45) is 0 Å². The van der Waals surface area contributed by atoms with Crippen LogP contribution in [0.25, 0.3) is 0 Å². The van der Waals surface area contributed by atoms with Gasteiger partial charge in [-0.25, -0.2) is 0 Å². The van der Waals surface area contributed by atoms with Crippen LogP contribution in [0, 0.1) is 0 Å². The molecule has 0 fully saturated rings. The number of hydrogen-bond donors (Lipinski definition) is 3. The van der Waals surface area contributed by atoms with Crippen LogP contribution in [0.15, 0.2) is 72.8 Å². The molecule has 3 atom stereocenters. The Morgan fingerprint density at radius 3 is 1.00 bits per heavy atom. The third-order valence-electron chi connectivity index (χ3n) is 8.23. The van der Waals surface area contributed by atoms with Crippen molar-refractivity contribution in [1.29, 1.82) is 0 Å². The van der Waals surface area contributed by atoms with E-state index < -0.39 is 0 Å². The normalized spacial score (nSPS) is 15.4. The maximum atomic E-state index is 9.65. The first-order valence-corrected chi connectivity index (χ1v) is 15.6. The number of benzene rings is 3. The topological polar surface area (TPSA) is 60.7 Å². The Morgan fingerprint density at radius 2 is 0.775 bits per heavy atom. The molecule has 3 unspecified atom stereocenters. The fourth-order valence-corrected chi connectivity index (χ4v) is 5.98. The Labute approximate surface area is 243 Å². The van der Waals surface area contributed by atoms with Crippen LogP contribution in [0.2, 0.25) is 0 Å². The highest BCUT2D eigenvalue weighted by Crippen LogP contribution is 2.43. The second-order valence-corrected chi connectivity index (χ2v) is 12.0. The molecule has 0 bridgehead atoms. The molecule has 0 aromatic heterocycles. The van der Waals surface area contributed by atoms with E-state index in [4.69, 9.17) is 0 Å². The van der Waals surface area contributed by atoms with Crippen LogP contribution in [-0.2, 0) is 24.7 Å². The third-order valence-corrected chi connectivity index (χ3v) is 8.23. The van der Waals surface area contributed by atoms with E-state index in [9.17, 15) is 15.3 Å². The van der Waals surface area contributed by atoms with Crippen LogP contribution in [0.1, 0.15) is 112 Å². The molecular weight excluding hydrogens is 492 g/mol. The van der Waals surface area contributed by atoms with Crippen molar-refractivity contribution in [2.45, 2.75) is 122 Å². The largest absolute Gasteiger partial charge is 0.393 e. The molecule has 0 spiro atoms. The lowest BCUT2D eigenvalue weighted by Crippen LogP contribution is -2.29. The van der Waals surface area contributed by atoms with Crippen molar-refractivity contribution in [3.8, 4) is 0 Å². The van der Waals surface area contributed by atoms with Gasteiger partial charge in [0.15, 0.2) is 0 Å². The van der Waals surface area contributed by atoms with E-state index in [2.05, 4.69) is 79.7 Å². The first-order valence-electron chi connectivity index (χ1n) is 15.6. The Balaban J connectivity index is 1.97. The first kappa shape index (κ1) is 32.1. The van der Waals surface area contributed by atoms with E-state index >= 15 is 0 Å². The molecule has 0 saturated carbocycles. The van der Waals surface area contributed by atoms with Crippen LogP contribution in [0.5, 0.6) is 0 Å². The highest BCUT2D eigenvalue weighted by molar-refractivity contribution is 5.51. The Morgan fingerprint density at radius 1 is 0.500 bits per heavy atom. The fraction of sp³-hybridized carbons (Fsp3) is 0.514. The first-order chi connectivity index (χ1) is 19.2. The van der Waals surface area contributed by atoms with Crippen LogP contribution in [0.4, 0.5) is 0 Å². The van der Waals surface area contributed by atoms with Crippen molar-refractivity contribution in [3.05, 3.63) is 106 Å². The van der Waals surface area contributed by atoms with E-state index in [1.807, 2.05) is 20.8 Å². The van der Waals surface area contributed by atoms with Gasteiger partial charge in [0, 0.05) is 5.41 Å². The molecule has 0 aliphatic heterocycles. The Kier molecular flexibility index (Phi) is 12.9. The SMILES string of the molecule is CCCC(c1ccc(CCCC(C)O)cc1)(c1ccc(CCCC(C)O)cc1)c1ccc(CCCC(C)O)cc1. The maximum absolute atomic E-state index is 9.65. The Hall–Kier alpha value is -2.46. The van der Waals surface area contributed by atoms with Gasteiger partial charge in [-0.15, -0.1) is 0 Å². The zero-order chi connectivity index (χ0) is 29.0. The summed E-state index contributed by atoms with van der Waals surface area (Å²) in [4.78, 5) is 0. The third kappa shape index (κ3) is 9.29. The molecule has 3 rings (SSSR count). The minimum atomic E-state index is -0.249. The van der Waals surface area contributed by atoms with Crippen molar-refractivity contribution in [2.75, 3.05) is 0 Å². The molecule has 40 heavy (non-hydrogen) atoms. The van der Waals surface area contributed by atoms with Crippen molar-refractivity contribution < 1.29 is 15.3 Å². The van der Waals surface area contributed by atoms with Crippen LogP contribution in [-0.4, -0.2) is 33.6 Å². The van der Waals surface area contributed by atoms with Crippen molar-refractivity contribution in [1.82, 2.24) is 0 Å². The van der Waals surface area contributed by atoms with Crippen LogP contribution < -0.4 is 0 Å². The van der Waals surface area contributed by atoms with Crippen molar-refractivity contribution >= 4 is 0 Å². The molecular formula is C37H52O3. The van der Waals surface area contributed by atoms with Gasteiger partial charge in [0.25, 0.3) is 0 Å². The molecule has 0 aliphatic carbocycles. The minimum Gasteiger partial charge on any atom is -0.393 e. The summed E-state index contributed by atoms with van der Waals surface area (Å²) in [6.45, 7) is 7.85. The summed E-state index contributed by atoms with van der Waals surface area (Å²) in [6.07, 6.45) is 9.72. The standard InChI is InChI=1S/C37H52O3/c1-5-27-37(34-21-15-31(16-22-34)12-6-9-28(2)38,35-23-17-32(18-24-35)13-7-10-29(3)39)36-25-19-33(20-26-36)14-8-11-30(4)40/h15-26,28-30,38-40H,5-14,27H2,1-4H3. The molecule has 218 valence electrons. The molecule has 3 N–H and O–H groups in total. The molecule has 0 amide bonds. The molecule has 0 heterocycles. The minimum absolute atomic E-state index is 0.247. The predicted octanol–water partition coefficient (Wildman–Crippen LogP) is 7.93. The van der Waals surface area contributed by atoms with Crippen LogP contribution in [0.3, 0.4) is 0 Å². The van der Waals surface area contributed by atoms with Gasteiger partial charge in [-0.2, -0.15) is 0 Å². The fourth-order valence-electron chi connectivity index (χ4n) is 5.98. The summed E-state index contributed by atoms with van der Waals surface area (Å²) in [7, 11) is 0. The second-order valence-electron chi connectivity index (χ2n) is 12.0. The summed E-state index contributed by atoms with van der Waals surface area (Å²) in [5, 5.41) is 29.0. The van der Waals surface area contributed by atoms with E-state index in [1.54, 1.807) is 0 Å².